The molecule has 0 unspecified atom stereocenters. The maximum Gasteiger partial charge on any atom is 0.176 e. The predicted octanol–water partition coefficient (Wildman–Crippen LogP) is -5.85. The first-order chi connectivity index (χ1) is 11.2. The molecule has 0 aromatic rings. The molecule has 0 bridgehead atoms. The molecule has 24 heavy (non-hydrogen) atoms. The molecule has 0 radical (unpaired) electrons. The molecule has 2 aliphatic rings. The fourth-order valence-electron chi connectivity index (χ4n) is 3.16. The minimum absolute atomic E-state index is 0.579. The van der Waals surface area contributed by atoms with Crippen molar-refractivity contribution < 1.29 is 40.1 Å². The molecule has 2 fully saturated rings. The van der Waals surface area contributed by atoms with E-state index in [0.29, 0.717) is 0 Å². The molecule has 1 aliphatic heterocycles. The number of hydrogen-bond donors (Lipinski definition) is 9. The first-order valence-corrected chi connectivity index (χ1v) is 7.75. The largest absolute Gasteiger partial charge is 0.394 e. The van der Waals surface area contributed by atoms with Crippen molar-refractivity contribution in [3.63, 3.8) is 0 Å². The van der Waals surface area contributed by atoms with Crippen molar-refractivity contribution in [3.05, 3.63) is 0 Å². The molecule has 11 atom stereocenters. The fraction of sp³-hybridized carbons (Fsp3) is 1.00. The summed E-state index contributed by atoms with van der Waals surface area (Å²) in [6.45, 7) is -0.579. The van der Waals surface area contributed by atoms with Crippen molar-refractivity contribution in [2.24, 2.45) is 11.5 Å². The number of aliphatic hydroxyl groups is 6. The molecule has 0 aromatic heterocycles. The van der Waals surface area contributed by atoms with Gasteiger partial charge >= 0.3 is 0 Å². The van der Waals surface area contributed by atoms with Gasteiger partial charge in [-0.3, -0.25) is 0 Å². The lowest BCUT2D eigenvalue weighted by atomic mass is 9.81. The molecule has 1 saturated carbocycles. The molecule has 0 aromatic carbocycles. The van der Waals surface area contributed by atoms with E-state index in [4.69, 9.17) is 20.9 Å². The Morgan fingerprint density at radius 3 is 2.04 bits per heavy atom. The summed E-state index contributed by atoms with van der Waals surface area (Å²) < 4.78 is 10.9. The van der Waals surface area contributed by atoms with E-state index in [-0.39, 0.29) is 0 Å². The van der Waals surface area contributed by atoms with Crippen LogP contribution in [0.25, 0.3) is 0 Å². The normalized spacial score (nSPS) is 53.1. The van der Waals surface area contributed by atoms with Crippen LogP contribution in [0.1, 0.15) is 0 Å². The molecule has 0 spiro atoms. The lowest BCUT2D eigenvalue weighted by molar-refractivity contribution is -0.297. The molecule has 11 N–H and O–H groups in total. The first kappa shape index (κ1) is 19.9. The average Bonchev–Trinajstić information content (AvgIpc) is 2.57. The van der Waals surface area contributed by atoms with Gasteiger partial charge in [0, 0.05) is 0 Å². The monoisotopic (exact) mass is 353 g/mol. The topological polar surface area (TPSA) is 204 Å². The Balaban J connectivity index is 2.15. The zero-order chi connectivity index (χ0) is 18.2. The Morgan fingerprint density at radius 2 is 1.50 bits per heavy atom. The molecule has 0 amide bonds. The number of ether oxygens (including phenoxy) is 2. The average molecular weight is 353 g/mol. The van der Waals surface area contributed by atoms with Crippen molar-refractivity contribution in [2.45, 2.75) is 67.1 Å². The van der Waals surface area contributed by atoms with Crippen LogP contribution in [-0.4, -0.2) is 111 Å². The van der Waals surface area contributed by atoms with E-state index in [9.17, 15) is 30.6 Å². The summed E-state index contributed by atoms with van der Waals surface area (Å²) >= 11 is 0. The van der Waals surface area contributed by atoms with Crippen LogP contribution in [0.15, 0.2) is 0 Å². The van der Waals surface area contributed by atoms with E-state index in [0.717, 1.165) is 0 Å². The number of likely N-dealkylation sites (N-methyl/N-ethyl adjacent to an activating group) is 1. The van der Waals surface area contributed by atoms with Crippen LogP contribution in [0.2, 0.25) is 0 Å². The molecular weight excluding hydrogens is 326 g/mol. The van der Waals surface area contributed by atoms with Crippen molar-refractivity contribution in [3.8, 4) is 0 Å². The second kappa shape index (κ2) is 7.85. The van der Waals surface area contributed by atoms with E-state index >= 15 is 0 Å². The minimum atomic E-state index is -1.42. The number of nitrogens with one attached hydrogen (secondary N) is 1. The molecule has 1 heterocycles. The van der Waals surface area contributed by atoms with Gasteiger partial charge in [0.25, 0.3) is 0 Å². The second-order valence-corrected chi connectivity index (χ2v) is 6.25. The highest BCUT2D eigenvalue weighted by Gasteiger charge is 2.51. The predicted molar refractivity (Wildman–Crippen MR) is 79.5 cm³/mol. The highest BCUT2D eigenvalue weighted by molar-refractivity contribution is 5.05. The second-order valence-electron chi connectivity index (χ2n) is 6.25. The van der Waals surface area contributed by atoms with Gasteiger partial charge in [-0.15, -0.1) is 0 Å². The Labute approximate surface area is 138 Å². The van der Waals surface area contributed by atoms with Gasteiger partial charge in [-0.25, -0.2) is 0 Å². The van der Waals surface area contributed by atoms with E-state index in [1.165, 1.54) is 7.05 Å². The summed E-state index contributed by atoms with van der Waals surface area (Å²) in [6, 6.07) is -3.22. The van der Waals surface area contributed by atoms with E-state index in [1.807, 2.05) is 0 Å². The summed E-state index contributed by atoms with van der Waals surface area (Å²) in [5.74, 6) is 0. The van der Waals surface area contributed by atoms with Crippen LogP contribution in [0, 0.1) is 0 Å². The van der Waals surface area contributed by atoms with Gasteiger partial charge in [0.15, 0.2) is 6.29 Å². The summed E-state index contributed by atoms with van der Waals surface area (Å²) in [7, 11) is 1.49. The zero-order valence-electron chi connectivity index (χ0n) is 13.2. The smallest absolute Gasteiger partial charge is 0.176 e. The molecule has 11 heteroatoms. The third-order valence-corrected chi connectivity index (χ3v) is 4.75. The van der Waals surface area contributed by atoms with Gasteiger partial charge in [0.2, 0.25) is 0 Å². The van der Waals surface area contributed by atoms with Crippen LogP contribution in [0.3, 0.4) is 0 Å². The van der Waals surface area contributed by atoms with Crippen molar-refractivity contribution in [2.75, 3.05) is 13.7 Å². The Bertz CT molecular complexity index is 417. The maximum atomic E-state index is 10.3. The number of rotatable bonds is 4. The highest BCUT2D eigenvalue weighted by atomic mass is 16.7. The maximum absolute atomic E-state index is 10.3. The SMILES string of the molecule is CN[C@H]1[C@H](O)[C@H](O)[C@H](N)[C@@H](O[C@H]2O[C@H](CO)[C@@H](O)[C@@H](O)[C@@H]2N)[C@@H]1O. The Morgan fingerprint density at radius 1 is 0.917 bits per heavy atom. The van der Waals surface area contributed by atoms with Gasteiger partial charge in [-0.1, -0.05) is 0 Å². The van der Waals surface area contributed by atoms with E-state index in [2.05, 4.69) is 5.32 Å². The molecule has 1 saturated heterocycles. The molecule has 1 aliphatic carbocycles. The molecule has 2 rings (SSSR count). The van der Waals surface area contributed by atoms with Crippen LogP contribution in [-0.2, 0) is 9.47 Å². The number of aliphatic hydroxyl groups excluding tert-OH is 6. The summed E-state index contributed by atoms with van der Waals surface area (Å²) in [5.41, 5.74) is 11.6. The standard InChI is InChI=1S/C13H27N3O8/c1-16-6-10(21)8(19)4(14)12(11(6)22)24-13-5(15)9(20)7(18)3(2-17)23-13/h3-13,16-22H,2,14-15H2,1H3/t3-,4+,5+,6+,7-,8-,9+,10+,11-,12-,13-/m1/s1. The van der Waals surface area contributed by atoms with Gasteiger partial charge in [0.05, 0.1) is 43.0 Å². The zero-order valence-corrected chi connectivity index (χ0v) is 13.2. The van der Waals surface area contributed by atoms with Crippen LogP contribution in [0.5, 0.6) is 0 Å². The van der Waals surface area contributed by atoms with Crippen molar-refractivity contribution in [1.82, 2.24) is 5.32 Å². The molecular formula is C13H27N3O8. The van der Waals surface area contributed by atoms with Gasteiger partial charge in [-0.2, -0.15) is 0 Å². The Kier molecular flexibility index (Phi) is 6.50. The fourth-order valence-corrected chi connectivity index (χ4v) is 3.16. The molecule has 11 nitrogen and oxygen atoms in total. The van der Waals surface area contributed by atoms with E-state index < -0.39 is 73.8 Å². The van der Waals surface area contributed by atoms with E-state index in [1.54, 1.807) is 0 Å². The summed E-state index contributed by atoms with van der Waals surface area (Å²) in [6.07, 6.45) is -10.4. The number of hydrogen-bond acceptors (Lipinski definition) is 11. The Hall–Kier alpha value is -0.440. The van der Waals surface area contributed by atoms with Gasteiger partial charge in [-0.05, 0) is 7.05 Å². The van der Waals surface area contributed by atoms with Crippen LogP contribution < -0.4 is 16.8 Å². The molecule has 142 valence electrons. The van der Waals surface area contributed by atoms with Crippen molar-refractivity contribution >= 4 is 0 Å². The van der Waals surface area contributed by atoms with Crippen LogP contribution >= 0.6 is 0 Å². The van der Waals surface area contributed by atoms with Crippen molar-refractivity contribution in [1.29, 1.82) is 0 Å². The summed E-state index contributed by atoms with van der Waals surface area (Å²) in [4.78, 5) is 0. The first-order valence-electron chi connectivity index (χ1n) is 7.75. The third kappa shape index (κ3) is 3.43. The third-order valence-electron chi connectivity index (χ3n) is 4.75. The lowest BCUT2D eigenvalue weighted by Gasteiger charge is -2.47. The minimum Gasteiger partial charge on any atom is -0.394 e. The summed E-state index contributed by atoms with van der Waals surface area (Å²) in [5, 5.41) is 61.9. The quantitative estimate of drug-likeness (QED) is 0.233. The lowest BCUT2D eigenvalue weighted by Crippen LogP contribution is -2.72. The highest BCUT2D eigenvalue weighted by Crippen LogP contribution is 2.27. The van der Waals surface area contributed by atoms with Gasteiger partial charge < -0.3 is 56.9 Å². The number of nitrogens with two attached hydrogens (primary N) is 2. The van der Waals surface area contributed by atoms with Gasteiger partial charge in [0.1, 0.15) is 24.4 Å². The van der Waals surface area contributed by atoms with Crippen LogP contribution in [0.4, 0.5) is 0 Å².